The summed E-state index contributed by atoms with van der Waals surface area (Å²) < 4.78 is 54.4. The highest BCUT2D eigenvalue weighted by Gasteiger charge is 2.31. The lowest BCUT2D eigenvalue weighted by molar-refractivity contribution is -0.274. The number of hydrogen-bond acceptors (Lipinski definition) is 6. The number of fused-ring (bicyclic) bond motifs is 3. The number of aromatic nitrogens is 3. The molecule has 2 aromatic carbocycles. The molecule has 0 fully saturated rings. The highest BCUT2D eigenvalue weighted by atomic mass is 19.4. The smallest absolute Gasteiger partial charge is 0.493 e. The predicted octanol–water partition coefficient (Wildman–Crippen LogP) is 4.51. The lowest BCUT2D eigenvalue weighted by atomic mass is 10.1. The largest absolute Gasteiger partial charge is 0.573 e. The number of methoxy groups -OCH3 is 2. The molecule has 7 nitrogen and oxygen atoms in total. The Hall–Kier alpha value is -3.69. The van der Waals surface area contributed by atoms with E-state index in [2.05, 4.69) is 20.0 Å². The molecule has 0 bridgehead atoms. The molecule has 4 aromatic rings. The molecule has 0 spiro atoms. The van der Waals surface area contributed by atoms with Crippen LogP contribution in [0.15, 0.2) is 42.6 Å². The summed E-state index contributed by atoms with van der Waals surface area (Å²) in [5, 5.41) is 2.93. The first-order chi connectivity index (χ1) is 14.3. The number of anilines is 1. The van der Waals surface area contributed by atoms with Gasteiger partial charge >= 0.3 is 6.36 Å². The molecule has 0 aliphatic rings. The van der Waals surface area contributed by atoms with E-state index in [1.807, 2.05) is 10.5 Å². The zero-order valence-corrected chi connectivity index (χ0v) is 16.2. The summed E-state index contributed by atoms with van der Waals surface area (Å²) in [6.07, 6.45) is -3.12. The highest BCUT2D eigenvalue weighted by molar-refractivity contribution is 5.87. The van der Waals surface area contributed by atoms with Crippen molar-refractivity contribution < 1.29 is 27.4 Å². The SMILES string of the molecule is CNc1nc2cc(OC(F)(F)F)ccc2n2c(-c3ccc(OC)c(OC)c3)cnc12. The van der Waals surface area contributed by atoms with E-state index in [0.29, 0.717) is 39.7 Å². The number of nitrogens with zero attached hydrogens (tertiary/aromatic N) is 3. The van der Waals surface area contributed by atoms with Crippen LogP contribution in [0.2, 0.25) is 0 Å². The van der Waals surface area contributed by atoms with Gasteiger partial charge in [0.15, 0.2) is 23.0 Å². The summed E-state index contributed by atoms with van der Waals surface area (Å²) in [6, 6.07) is 9.41. The summed E-state index contributed by atoms with van der Waals surface area (Å²) in [5.41, 5.74) is 2.90. The molecular weight excluding hydrogens is 401 g/mol. The van der Waals surface area contributed by atoms with Crippen molar-refractivity contribution in [3.63, 3.8) is 0 Å². The van der Waals surface area contributed by atoms with Gasteiger partial charge in [-0.15, -0.1) is 13.2 Å². The molecule has 2 aromatic heterocycles. The minimum atomic E-state index is -4.79. The summed E-state index contributed by atoms with van der Waals surface area (Å²) in [4.78, 5) is 8.84. The third kappa shape index (κ3) is 3.40. The van der Waals surface area contributed by atoms with Crippen molar-refractivity contribution in [3.05, 3.63) is 42.6 Å². The molecule has 0 aliphatic carbocycles. The fourth-order valence-corrected chi connectivity index (χ4v) is 3.28. The van der Waals surface area contributed by atoms with E-state index in [9.17, 15) is 13.2 Å². The molecule has 0 aliphatic heterocycles. The van der Waals surface area contributed by atoms with E-state index < -0.39 is 6.36 Å². The first-order valence-electron chi connectivity index (χ1n) is 8.81. The Bertz CT molecular complexity index is 1240. The fraction of sp³-hybridized carbons (Fsp3) is 0.200. The minimum Gasteiger partial charge on any atom is -0.493 e. The standard InChI is InChI=1S/C20H17F3N4O3/c1-24-18-19-25-10-15(11-4-7-16(28-2)17(8-11)29-3)27(19)14-6-5-12(9-13(14)26-18)30-20(21,22)23/h4-10H,1-3H3,(H,24,26). The summed E-state index contributed by atoms with van der Waals surface area (Å²) in [7, 11) is 4.75. The van der Waals surface area contributed by atoms with Crippen molar-refractivity contribution in [3.8, 4) is 28.5 Å². The van der Waals surface area contributed by atoms with Gasteiger partial charge in [0, 0.05) is 18.7 Å². The molecule has 0 radical (unpaired) electrons. The molecule has 10 heteroatoms. The van der Waals surface area contributed by atoms with Gasteiger partial charge in [-0.25, -0.2) is 9.97 Å². The molecule has 0 amide bonds. The van der Waals surface area contributed by atoms with Gasteiger partial charge in [0.05, 0.1) is 37.1 Å². The first-order valence-corrected chi connectivity index (χ1v) is 8.81. The maximum atomic E-state index is 12.6. The van der Waals surface area contributed by atoms with Crippen molar-refractivity contribution in [1.82, 2.24) is 14.4 Å². The summed E-state index contributed by atoms with van der Waals surface area (Å²) >= 11 is 0. The van der Waals surface area contributed by atoms with E-state index >= 15 is 0 Å². The number of imidazole rings is 1. The van der Waals surface area contributed by atoms with Gasteiger partial charge in [-0.3, -0.25) is 4.40 Å². The van der Waals surface area contributed by atoms with Crippen LogP contribution in [0.4, 0.5) is 19.0 Å². The van der Waals surface area contributed by atoms with Crippen molar-refractivity contribution in [2.24, 2.45) is 0 Å². The van der Waals surface area contributed by atoms with Crippen LogP contribution in [-0.2, 0) is 0 Å². The van der Waals surface area contributed by atoms with E-state index in [0.717, 1.165) is 5.56 Å². The second kappa shape index (κ2) is 7.29. The minimum absolute atomic E-state index is 0.313. The topological polar surface area (TPSA) is 69.9 Å². The molecule has 4 rings (SSSR count). The molecule has 0 unspecified atom stereocenters. The zero-order valence-electron chi connectivity index (χ0n) is 16.2. The predicted molar refractivity (Wildman–Crippen MR) is 105 cm³/mol. The molecular formula is C20H17F3N4O3. The summed E-state index contributed by atoms with van der Waals surface area (Å²) in [6.45, 7) is 0. The van der Waals surface area contributed by atoms with E-state index in [1.54, 1.807) is 32.5 Å². The molecule has 0 atom stereocenters. The third-order valence-corrected chi connectivity index (χ3v) is 4.54. The molecule has 156 valence electrons. The fourth-order valence-electron chi connectivity index (χ4n) is 3.28. The van der Waals surface area contributed by atoms with Gasteiger partial charge in [-0.05, 0) is 30.3 Å². The first kappa shape index (κ1) is 19.6. The maximum Gasteiger partial charge on any atom is 0.573 e. The normalized spacial score (nSPS) is 11.7. The van der Waals surface area contributed by atoms with Crippen molar-refractivity contribution >= 4 is 22.5 Å². The van der Waals surface area contributed by atoms with Crippen LogP contribution in [0.25, 0.3) is 27.9 Å². The maximum absolute atomic E-state index is 12.6. The average molecular weight is 418 g/mol. The van der Waals surface area contributed by atoms with Gasteiger partial charge in [0.25, 0.3) is 0 Å². The molecule has 1 N–H and O–H groups in total. The van der Waals surface area contributed by atoms with Gasteiger partial charge in [0.1, 0.15) is 5.75 Å². The number of rotatable bonds is 5. The lowest BCUT2D eigenvalue weighted by Gasteiger charge is -2.13. The number of benzene rings is 2. The number of alkyl halides is 3. The van der Waals surface area contributed by atoms with Crippen LogP contribution in [0.1, 0.15) is 0 Å². The van der Waals surface area contributed by atoms with Crippen LogP contribution in [0.3, 0.4) is 0 Å². The van der Waals surface area contributed by atoms with Gasteiger partial charge < -0.3 is 19.5 Å². The van der Waals surface area contributed by atoms with E-state index in [4.69, 9.17) is 9.47 Å². The lowest BCUT2D eigenvalue weighted by Crippen LogP contribution is -2.17. The van der Waals surface area contributed by atoms with Crippen LogP contribution in [0.5, 0.6) is 17.2 Å². The molecule has 30 heavy (non-hydrogen) atoms. The van der Waals surface area contributed by atoms with Crippen molar-refractivity contribution in [2.45, 2.75) is 6.36 Å². The van der Waals surface area contributed by atoms with Crippen molar-refractivity contribution in [2.75, 3.05) is 26.6 Å². The Morgan fingerprint density at radius 1 is 1.00 bits per heavy atom. The Labute approximate surface area is 169 Å². The number of nitrogens with one attached hydrogen (secondary N) is 1. The van der Waals surface area contributed by atoms with Crippen LogP contribution < -0.4 is 19.5 Å². The Morgan fingerprint density at radius 3 is 2.43 bits per heavy atom. The molecule has 0 saturated carbocycles. The number of halogens is 3. The third-order valence-electron chi connectivity index (χ3n) is 4.54. The average Bonchev–Trinajstić information content (AvgIpc) is 3.16. The highest BCUT2D eigenvalue weighted by Crippen LogP contribution is 2.35. The van der Waals surface area contributed by atoms with Crippen LogP contribution >= 0.6 is 0 Å². The Kier molecular flexibility index (Phi) is 4.76. The Morgan fingerprint density at radius 2 is 1.77 bits per heavy atom. The van der Waals surface area contributed by atoms with Crippen LogP contribution in [-0.4, -0.2) is 42.0 Å². The monoisotopic (exact) mass is 418 g/mol. The van der Waals surface area contributed by atoms with Crippen LogP contribution in [0, 0.1) is 0 Å². The molecule has 0 saturated heterocycles. The summed E-state index contributed by atoms with van der Waals surface area (Å²) in [5.74, 6) is 1.18. The zero-order chi connectivity index (χ0) is 21.5. The van der Waals surface area contributed by atoms with Gasteiger partial charge in [-0.2, -0.15) is 0 Å². The Balaban J connectivity index is 1.96. The van der Waals surface area contributed by atoms with Gasteiger partial charge in [-0.1, -0.05) is 0 Å². The number of hydrogen-bond donors (Lipinski definition) is 1. The number of ether oxygens (including phenoxy) is 3. The second-order valence-electron chi connectivity index (χ2n) is 6.28. The second-order valence-corrected chi connectivity index (χ2v) is 6.28. The van der Waals surface area contributed by atoms with Crippen molar-refractivity contribution in [1.29, 1.82) is 0 Å². The quantitative estimate of drug-likeness (QED) is 0.514. The van der Waals surface area contributed by atoms with Gasteiger partial charge in [0.2, 0.25) is 0 Å². The van der Waals surface area contributed by atoms with E-state index in [1.165, 1.54) is 25.3 Å². The van der Waals surface area contributed by atoms with E-state index in [-0.39, 0.29) is 5.75 Å². The molecule has 2 heterocycles.